The molecule has 0 aliphatic carbocycles. The van der Waals surface area contributed by atoms with E-state index in [0.29, 0.717) is 11.6 Å². The highest BCUT2D eigenvalue weighted by molar-refractivity contribution is 9.10. The lowest BCUT2D eigenvalue weighted by Crippen LogP contribution is -2.30. The molecule has 3 nitrogen and oxygen atoms in total. The van der Waals surface area contributed by atoms with Crippen molar-refractivity contribution in [2.24, 2.45) is 10.4 Å². The molecular weight excluding hydrogens is 334 g/mol. The minimum absolute atomic E-state index is 0.190. The van der Waals surface area contributed by atoms with Gasteiger partial charge in [-0.3, -0.25) is 4.99 Å². The Morgan fingerprint density at radius 1 is 1.45 bits per heavy atom. The minimum Gasteiger partial charge on any atom is -0.334 e. The van der Waals surface area contributed by atoms with Crippen LogP contribution in [0.25, 0.3) is 0 Å². The van der Waals surface area contributed by atoms with E-state index in [2.05, 4.69) is 48.1 Å². The van der Waals surface area contributed by atoms with E-state index in [0.717, 1.165) is 27.5 Å². The Morgan fingerprint density at radius 2 is 2.20 bits per heavy atom. The van der Waals surface area contributed by atoms with Crippen LogP contribution in [0.4, 0.5) is 5.69 Å². The van der Waals surface area contributed by atoms with Crippen LogP contribution in [-0.2, 0) is 0 Å². The number of halogens is 1. The van der Waals surface area contributed by atoms with Crippen LogP contribution in [0.1, 0.15) is 32.8 Å². The van der Waals surface area contributed by atoms with Crippen molar-refractivity contribution in [3.63, 3.8) is 0 Å². The fourth-order valence-corrected chi connectivity index (χ4v) is 3.40. The van der Waals surface area contributed by atoms with Gasteiger partial charge in [0.05, 0.1) is 23.4 Å². The van der Waals surface area contributed by atoms with Crippen LogP contribution < -0.4 is 5.32 Å². The lowest BCUT2D eigenvalue weighted by Gasteiger charge is -2.31. The largest absolute Gasteiger partial charge is 0.334 e. The van der Waals surface area contributed by atoms with Crippen LogP contribution in [0.15, 0.2) is 27.7 Å². The summed E-state index contributed by atoms with van der Waals surface area (Å²) in [6.07, 6.45) is 1.12. The second-order valence-corrected chi connectivity index (χ2v) is 7.82. The Morgan fingerprint density at radius 3 is 2.80 bits per heavy atom. The van der Waals surface area contributed by atoms with Crippen LogP contribution in [0.3, 0.4) is 0 Å². The zero-order chi connectivity index (χ0) is 14.8. The van der Waals surface area contributed by atoms with E-state index >= 15 is 0 Å². The molecule has 0 radical (unpaired) electrons. The zero-order valence-electron chi connectivity index (χ0n) is 11.9. The summed E-state index contributed by atoms with van der Waals surface area (Å²) in [5.74, 6) is 1.08. The van der Waals surface area contributed by atoms with Crippen molar-refractivity contribution in [3.05, 3.63) is 28.2 Å². The number of hydrogen-bond acceptors (Lipinski definition) is 4. The van der Waals surface area contributed by atoms with E-state index in [-0.39, 0.29) is 5.41 Å². The summed E-state index contributed by atoms with van der Waals surface area (Å²) in [5, 5.41) is 13.2. The van der Waals surface area contributed by atoms with Gasteiger partial charge in [0.25, 0.3) is 0 Å². The molecule has 1 aromatic carbocycles. The highest BCUT2D eigenvalue weighted by Gasteiger charge is 2.27. The number of hydrogen-bond donors (Lipinski definition) is 1. The molecule has 1 aliphatic heterocycles. The molecule has 20 heavy (non-hydrogen) atoms. The second kappa shape index (κ2) is 6.19. The van der Waals surface area contributed by atoms with Crippen molar-refractivity contribution in [3.8, 4) is 6.07 Å². The quantitative estimate of drug-likeness (QED) is 0.801. The predicted molar refractivity (Wildman–Crippen MR) is 90.2 cm³/mol. The molecular formula is C15H18BrN3S. The van der Waals surface area contributed by atoms with E-state index in [9.17, 15) is 0 Å². The second-order valence-electron chi connectivity index (χ2n) is 5.88. The Labute approximate surface area is 133 Å². The minimum atomic E-state index is 0.190. The third-order valence-corrected chi connectivity index (χ3v) is 4.82. The van der Waals surface area contributed by atoms with Gasteiger partial charge in [0.2, 0.25) is 0 Å². The summed E-state index contributed by atoms with van der Waals surface area (Å²) in [7, 11) is 0. The maximum absolute atomic E-state index is 8.88. The van der Waals surface area contributed by atoms with Crippen molar-refractivity contribution >= 4 is 38.5 Å². The number of nitriles is 1. The Balaban J connectivity index is 2.18. The van der Waals surface area contributed by atoms with Crippen molar-refractivity contribution in [2.45, 2.75) is 33.2 Å². The molecule has 1 unspecified atom stereocenters. The average Bonchev–Trinajstić information content (AvgIpc) is 2.40. The summed E-state index contributed by atoms with van der Waals surface area (Å²) >= 11 is 5.24. The zero-order valence-corrected chi connectivity index (χ0v) is 14.3. The van der Waals surface area contributed by atoms with E-state index in [1.54, 1.807) is 11.8 Å². The van der Waals surface area contributed by atoms with Gasteiger partial charge >= 0.3 is 0 Å². The molecule has 1 heterocycles. The number of anilines is 1. The molecule has 0 bridgehead atoms. The van der Waals surface area contributed by atoms with Crippen LogP contribution >= 0.6 is 27.7 Å². The first-order valence-corrected chi connectivity index (χ1v) is 8.35. The van der Waals surface area contributed by atoms with E-state index in [1.165, 1.54) is 0 Å². The van der Waals surface area contributed by atoms with E-state index in [1.807, 2.05) is 18.2 Å². The smallest absolute Gasteiger partial charge is 0.161 e. The summed E-state index contributed by atoms with van der Waals surface area (Å²) in [5.41, 5.74) is 1.79. The highest BCUT2D eigenvalue weighted by atomic mass is 79.9. The number of nitrogens with one attached hydrogen (secondary N) is 1. The van der Waals surface area contributed by atoms with Crippen molar-refractivity contribution < 1.29 is 0 Å². The molecule has 1 aromatic rings. The molecule has 1 N–H and O–H groups in total. The van der Waals surface area contributed by atoms with Gasteiger partial charge in [0.15, 0.2) is 5.17 Å². The molecule has 0 aromatic heterocycles. The monoisotopic (exact) mass is 351 g/mol. The summed E-state index contributed by atoms with van der Waals surface area (Å²) in [6, 6.07) is 8.02. The normalized spacial score (nSPS) is 19.1. The lowest BCUT2D eigenvalue weighted by molar-refractivity contribution is 0.316. The summed E-state index contributed by atoms with van der Waals surface area (Å²) < 4.78 is 0.887. The van der Waals surface area contributed by atoms with Crippen molar-refractivity contribution in [1.82, 2.24) is 0 Å². The fourth-order valence-electron chi connectivity index (χ4n) is 2.01. The lowest BCUT2D eigenvalue weighted by atomic mass is 9.85. The number of rotatable bonds is 1. The number of thioether (sulfide) groups is 1. The predicted octanol–water partition coefficient (Wildman–Crippen LogP) is 4.64. The number of benzene rings is 1. The number of aliphatic imine (C=N–C) groups is 1. The molecule has 1 aliphatic rings. The first kappa shape index (κ1) is 15.4. The summed E-state index contributed by atoms with van der Waals surface area (Å²) in [4.78, 5) is 4.81. The third kappa shape index (κ3) is 3.77. The number of nitrogens with zero attached hydrogens (tertiary/aromatic N) is 2. The number of amidine groups is 1. The van der Waals surface area contributed by atoms with Gasteiger partial charge in [0, 0.05) is 10.2 Å². The van der Waals surface area contributed by atoms with Gasteiger partial charge in [-0.15, -0.1) is 0 Å². The summed E-state index contributed by atoms with van der Waals surface area (Å²) in [6.45, 7) is 6.69. The molecule has 5 heteroatoms. The first-order chi connectivity index (χ1) is 9.40. The SMILES string of the molecule is CC(C)(C)C1CCSC(Nc2ccc(C#N)cc2Br)=N1. The molecule has 1 atom stereocenters. The van der Waals surface area contributed by atoms with Gasteiger partial charge in [-0.25, -0.2) is 0 Å². The van der Waals surface area contributed by atoms with Crippen LogP contribution in [-0.4, -0.2) is 17.0 Å². The fraction of sp³-hybridized carbons (Fsp3) is 0.467. The van der Waals surface area contributed by atoms with E-state index < -0.39 is 0 Å². The van der Waals surface area contributed by atoms with Gasteiger partial charge < -0.3 is 5.32 Å². The van der Waals surface area contributed by atoms with Crippen LogP contribution in [0.5, 0.6) is 0 Å². The topological polar surface area (TPSA) is 48.2 Å². The Kier molecular flexibility index (Phi) is 4.77. The van der Waals surface area contributed by atoms with Crippen LogP contribution in [0.2, 0.25) is 0 Å². The van der Waals surface area contributed by atoms with Crippen LogP contribution in [0, 0.1) is 16.7 Å². The Hall–Kier alpha value is -0.990. The standard InChI is InChI=1S/C15H18BrN3S/c1-15(2,3)13-6-7-20-14(19-13)18-12-5-4-10(9-17)8-11(12)16/h4-5,8,13H,6-7H2,1-3H3,(H,18,19). The highest BCUT2D eigenvalue weighted by Crippen LogP contribution is 2.32. The maximum Gasteiger partial charge on any atom is 0.161 e. The van der Waals surface area contributed by atoms with Gasteiger partial charge in [-0.2, -0.15) is 5.26 Å². The molecule has 0 saturated heterocycles. The molecule has 0 spiro atoms. The van der Waals surface area contributed by atoms with Crippen molar-refractivity contribution in [1.29, 1.82) is 5.26 Å². The van der Waals surface area contributed by atoms with Gasteiger partial charge in [-0.05, 0) is 46.0 Å². The molecule has 0 saturated carbocycles. The molecule has 0 fully saturated rings. The first-order valence-electron chi connectivity index (χ1n) is 6.57. The Bertz CT molecular complexity index is 569. The molecule has 2 rings (SSSR count). The van der Waals surface area contributed by atoms with Gasteiger partial charge in [0.1, 0.15) is 0 Å². The molecule has 106 valence electrons. The van der Waals surface area contributed by atoms with E-state index in [4.69, 9.17) is 10.3 Å². The third-order valence-electron chi connectivity index (χ3n) is 3.24. The average molecular weight is 352 g/mol. The maximum atomic E-state index is 8.88. The van der Waals surface area contributed by atoms with Gasteiger partial charge in [-0.1, -0.05) is 32.5 Å². The molecule has 0 amide bonds. The van der Waals surface area contributed by atoms with Crippen molar-refractivity contribution in [2.75, 3.05) is 11.1 Å².